The molecule has 1 N–H and O–H groups in total. The molecule has 2 bridgehead atoms. The Hall–Kier alpha value is -1.05. The van der Waals surface area contributed by atoms with Crippen LogP contribution < -0.4 is 0 Å². The number of unbranched alkanes of at least 4 members (excludes halogenated alkanes) is 1. The largest absolute Gasteiger partial charge is 0.481 e. The van der Waals surface area contributed by atoms with Crippen LogP contribution in [-0.4, -0.2) is 11.1 Å². The van der Waals surface area contributed by atoms with Crippen LogP contribution in [0.4, 0.5) is 0 Å². The average molecular weight is 262 g/mol. The topological polar surface area (TPSA) is 37.3 Å². The lowest BCUT2D eigenvalue weighted by Gasteiger charge is -2.60. The molecule has 3 aliphatic rings. The third-order valence-electron chi connectivity index (χ3n) is 5.36. The van der Waals surface area contributed by atoms with Gasteiger partial charge in [0.15, 0.2) is 0 Å². The van der Waals surface area contributed by atoms with Gasteiger partial charge < -0.3 is 5.11 Å². The zero-order valence-electron chi connectivity index (χ0n) is 12.2. The molecule has 106 valence electrons. The second-order valence-corrected chi connectivity index (χ2v) is 6.81. The highest BCUT2D eigenvalue weighted by Crippen LogP contribution is 2.62. The SMILES string of the molecule is C=C1[C@@H](C/C=C\CCCC(=O)O)C[C@H]2C[C@@H]1C2(C)C. The number of rotatable bonds is 6. The third-order valence-corrected chi connectivity index (χ3v) is 5.36. The Morgan fingerprint density at radius 3 is 2.74 bits per heavy atom. The van der Waals surface area contributed by atoms with Gasteiger partial charge >= 0.3 is 5.97 Å². The molecule has 3 aliphatic carbocycles. The normalized spacial score (nSPS) is 32.3. The Labute approximate surface area is 116 Å². The lowest BCUT2D eigenvalue weighted by molar-refractivity contribution is -0.137. The van der Waals surface area contributed by atoms with E-state index in [1.807, 2.05) is 0 Å². The standard InChI is InChI=1S/C17H26O2/c1-12-13(8-6-4-5-7-9-16(18)19)10-14-11-15(12)17(14,2)3/h4,6,13-15H,1,5,7-11H2,2-3H3,(H,18,19)/b6-4-/t13-,14-,15-/m0/s1. The molecule has 0 aromatic rings. The molecule has 3 saturated carbocycles. The van der Waals surface area contributed by atoms with E-state index in [4.69, 9.17) is 5.11 Å². The van der Waals surface area contributed by atoms with Gasteiger partial charge in [-0.15, -0.1) is 0 Å². The molecular formula is C17H26O2. The molecule has 3 fully saturated rings. The molecule has 0 heterocycles. The maximum atomic E-state index is 10.4. The molecular weight excluding hydrogens is 236 g/mol. The van der Waals surface area contributed by atoms with E-state index in [-0.39, 0.29) is 6.42 Å². The minimum Gasteiger partial charge on any atom is -0.481 e. The highest BCUT2D eigenvalue weighted by molar-refractivity contribution is 5.66. The molecule has 3 rings (SSSR count). The summed E-state index contributed by atoms with van der Waals surface area (Å²) in [6.07, 6.45) is 10.0. The summed E-state index contributed by atoms with van der Waals surface area (Å²) in [5.41, 5.74) is 1.95. The first-order chi connectivity index (χ1) is 8.93. The number of carboxylic acids is 1. The van der Waals surface area contributed by atoms with E-state index >= 15 is 0 Å². The molecule has 0 aliphatic heterocycles. The van der Waals surface area contributed by atoms with Crippen LogP contribution in [0.15, 0.2) is 24.3 Å². The Kier molecular flexibility index (Phi) is 4.17. The van der Waals surface area contributed by atoms with Crippen molar-refractivity contribution in [2.75, 3.05) is 0 Å². The van der Waals surface area contributed by atoms with E-state index < -0.39 is 5.97 Å². The molecule has 0 radical (unpaired) electrons. The first-order valence-corrected chi connectivity index (χ1v) is 7.48. The summed E-state index contributed by atoms with van der Waals surface area (Å²) in [6.45, 7) is 9.10. The molecule has 0 aromatic heterocycles. The Balaban J connectivity index is 1.72. The van der Waals surface area contributed by atoms with Crippen LogP contribution in [0.1, 0.15) is 52.4 Å². The van der Waals surface area contributed by atoms with Crippen molar-refractivity contribution in [1.29, 1.82) is 0 Å². The number of fused-ring (bicyclic) bond motifs is 2. The van der Waals surface area contributed by atoms with Crippen molar-refractivity contribution in [3.8, 4) is 0 Å². The molecule has 2 nitrogen and oxygen atoms in total. The monoisotopic (exact) mass is 262 g/mol. The fourth-order valence-corrected chi connectivity index (χ4v) is 3.82. The van der Waals surface area contributed by atoms with Gasteiger partial charge in [0, 0.05) is 6.42 Å². The highest BCUT2D eigenvalue weighted by Gasteiger charge is 2.54. The van der Waals surface area contributed by atoms with Gasteiger partial charge in [0.05, 0.1) is 0 Å². The van der Waals surface area contributed by atoms with Crippen LogP contribution in [0.3, 0.4) is 0 Å². The van der Waals surface area contributed by atoms with Gasteiger partial charge in [0.2, 0.25) is 0 Å². The van der Waals surface area contributed by atoms with Gasteiger partial charge in [0.1, 0.15) is 0 Å². The summed E-state index contributed by atoms with van der Waals surface area (Å²) in [7, 11) is 0. The smallest absolute Gasteiger partial charge is 0.303 e. The van der Waals surface area contributed by atoms with Gasteiger partial charge in [-0.3, -0.25) is 4.79 Å². The second-order valence-electron chi connectivity index (χ2n) is 6.81. The number of aliphatic carboxylic acids is 1. The number of carboxylic acid groups (broad SMARTS) is 1. The molecule has 0 amide bonds. The summed E-state index contributed by atoms with van der Waals surface area (Å²) in [5, 5.41) is 8.56. The molecule has 0 spiro atoms. The number of carbonyl (C=O) groups is 1. The van der Waals surface area contributed by atoms with Crippen molar-refractivity contribution >= 4 is 5.97 Å². The minimum absolute atomic E-state index is 0.277. The van der Waals surface area contributed by atoms with Crippen LogP contribution in [0.2, 0.25) is 0 Å². The quantitative estimate of drug-likeness (QED) is 0.568. The van der Waals surface area contributed by atoms with Crippen LogP contribution >= 0.6 is 0 Å². The van der Waals surface area contributed by atoms with E-state index in [0.717, 1.165) is 31.1 Å². The molecule has 0 aromatic carbocycles. The van der Waals surface area contributed by atoms with Crippen molar-refractivity contribution in [1.82, 2.24) is 0 Å². The molecule has 0 saturated heterocycles. The predicted octanol–water partition coefficient (Wildman–Crippen LogP) is 4.43. The molecule has 0 unspecified atom stereocenters. The summed E-state index contributed by atoms with van der Waals surface area (Å²) in [6, 6.07) is 0. The third kappa shape index (κ3) is 2.93. The lowest BCUT2D eigenvalue weighted by Crippen LogP contribution is -2.51. The van der Waals surface area contributed by atoms with Crippen LogP contribution in [0, 0.1) is 23.2 Å². The van der Waals surface area contributed by atoms with Gasteiger partial charge in [-0.05, 0) is 55.3 Å². The summed E-state index contributed by atoms with van der Waals surface area (Å²) >= 11 is 0. The Morgan fingerprint density at radius 1 is 1.42 bits per heavy atom. The van der Waals surface area contributed by atoms with Crippen molar-refractivity contribution < 1.29 is 9.90 Å². The van der Waals surface area contributed by atoms with Crippen molar-refractivity contribution in [2.45, 2.75) is 52.4 Å². The molecule has 3 atom stereocenters. The van der Waals surface area contributed by atoms with E-state index in [1.54, 1.807) is 0 Å². The molecule has 19 heavy (non-hydrogen) atoms. The minimum atomic E-state index is -0.698. The maximum absolute atomic E-state index is 10.4. The summed E-state index contributed by atoms with van der Waals surface area (Å²) in [4.78, 5) is 10.4. The highest BCUT2D eigenvalue weighted by atomic mass is 16.4. The summed E-state index contributed by atoms with van der Waals surface area (Å²) in [5.74, 6) is 1.58. The first kappa shape index (κ1) is 14.4. The molecule has 2 heteroatoms. The Morgan fingerprint density at radius 2 is 2.16 bits per heavy atom. The van der Waals surface area contributed by atoms with Gasteiger partial charge in [-0.25, -0.2) is 0 Å². The van der Waals surface area contributed by atoms with Crippen LogP contribution in [-0.2, 0) is 4.79 Å². The Bertz CT molecular complexity index is 392. The number of allylic oxidation sites excluding steroid dienone is 3. The van der Waals surface area contributed by atoms with Gasteiger partial charge in [-0.2, -0.15) is 0 Å². The van der Waals surface area contributed by atoms with Crippen molar-refractivity contribution in [2.24, 2.45) is 23.2 Å². The number of hydrogen-bond donors (Lipinski definition) is 1. The van der Waals surface area contributed by atoms with E-state index in [1.165, 1.54) is 18.4 Å². The maximum Gasteiger partial charge on any atom is 0.303 e. The fourth-order valence-electron chi connectivity index (χ4n) is 3.82. The average Bonchev–Trinajstić information content (AvgIpc) is 2.34. The summed E-state index contributed by atoms with van der Waals surface area (Å²) < 4.78 is 0. The van der Waals surface area contributed by atoms with Crippen LogP contribution in [0.5, 0.6) is 0 Å². The van der Waals surface area contributed by atoms with Crippen molar-refractivity contribution in [3.63, 3.8) is 0 Å². The van der Waals surface area contributed by atoms with Gasteiger partial charge in [-0.1, -0.05) is 38.2 Å². The zero-order chi connectivity index (χ0) is 14.0. The van der Waals surface area contributed by atoms with Crippen molar-refractivity contribution in [3.05, 3.63) is 24.3 Å². The van der Waals surface area contributed by atoms with E-state index in [2.05, 4.69) is 32.6 Å². The van der Waals surface area contributed by atoms with E-state index in [0.29, 0.717) is 11.3 Å². The number of hydrogen-bond acceptors (Lipinski definition) is 1. The second kappa shape index (κ2) is 5.52. The first-order valence-electron chi connectivity index (χ1n) is 7.48. The lowest BCUT2D eigenvalue weighted by atomic mass is 9.45. The van der Waals surface area contributed by atoms with Crippen LogP contribution in [0.25, 0.3) is 0 Å². The van der Waals surface area contributed by atoms with Gasteiger partial charge in [0.25, 0.3) is 0 Å². The zero-order valence-corrected chi connectivity index (χ0v) is 12.2. The van der Waals surface area contributed by atoms with E-state index in [9.17, 15) is 4.79 Å². The fraction of sp³-hybridized carbons (Fsp3) is 0.706. The predicted molar refractivity (Wildman–Crippen MR) is 77.9 cm³/mol.